The van der Waals surface area contributed by atoms with Gasteiger partial charge in [0.25, 0.3) is 0 Å². The zero-order chi connectivity index (χ0) is 20.4. The van der Waals surface area contributed by atoms with Crippen molar-refractivity contribution in [1.29, 1.82) is 0 Å². The highest BCUT2D eigenvalue weighted by Gasteiger charge is 2.17. The van der Waals surface area contributed by atoms with Crippen LogP contribution in [0.1, 0.15) is 24.5 Å². The van der Waals surface area contributed by atoms with Gasteiger partial charge in [0.2, 0.25) is 0 Å². The number of pyridine rings is 2. The zero-order valence-electron chi connectivity index (χ0n) is 16.7. The number of aryl methyl sites for hydroxylation is 1. The number of anilines is 2. The molecule has 0 fully saturated rings. The molecule has 4 aromatic rings. The van der Waals surface area contributed by atoms with Gasteiger partial charge in [0.15, 0.2) is 18.9 Å². The molecule has 0 amide bonds. The van der Waals surface area contributed by atoms with Crippen molar-refractivity contribution in [3.63, 3.8) is 0 Å². The van der Waals surface area contributed by atoms with Crippen molar-refractivity contribution in [3.05, 3.63) is 77.8 Å². The van der Waals surface area contributed by atoms with Crippen LogP contribution in [0.4, 0.5) is 11.5 Å². The van der Waals surface area contributed by atoms with E-state index in [1.54, 1.807) is 0 Å². The van der Waals surface area contributed by atoms with E-state index in [4.69, 9.17) is 15.9 Å². The smallest absolute Gasteiger partial charge is 0.171 e. The molecular weight excluding hydrogens is 360 g/mol. The van der Waals surface area contributed by atoms with Crippen molar-refractivity contribution in [1.82, 2.24) is 4.98 Å². The van der Waals surface area contributed by atoms with Crippen LogP contribution in [-0.2, 0) is 6.54 Å². The number of allylic oxidation sites excluding steroid dienone is 1. The molecule has 146 valence electrons. The van der Waals surface area contributed by atoms with Crippen LogP contribution in [0.25, 0.3) is 28.4 Å². The Morgan fingerprint density at radius 2 is 1.90 bits per heavy atom. The Hall–Kier alpha value is -3.60. The number of aromatic nitrogens is 2. The van der Waals surface area contributed by atoms with Gasteiger partial charge in [0, 0.05) is 29.4 Å². The third-order valence-electron chi connectivity index (χ3n) is 5.12. The molecule has 5 nitrogen and oxygen atoms in total. The van der Waals surface area contributed by atoms with Crippen LogP contribution in [0.3, 0.4) is 0 Å². The maximum Gasteiger partial charge on any atom is 0.171 e. The molecule has 0 atom stereocenters. The number of nitrogens with zero attached hydrogens (tertiary/aromatic N) is 2. The summed E-state index contributed by atoms with van der Waals surface area (Å²) in [5, 5.41) is 1.05. The van der Waals surface area contributed by atoms with Gasteiger partial charge in [-0.15, -0.1) is 0 Å². The lowest BCUT2D eigenvalue weighted by atomic mass is 9.98. The van der Waals surface area contributed by atoms with Crippen LogP contribution in [0.15, 0.2) is 71.0 Å². The van der Waals surface area contributed by atoms with Crippen molar-refractivity contribution < 1.29 is 8.98 Å². The van der Waals surface area contributed by atoms with Crippen molar-refractivity contribution in [2.75, 3.05) is 11.5 Å². The third kappa shape index (κ3) is 3.85. The molecule has 0 bridgehead atoms. The fraction of sp³-hybridized carbons (Fsp3) is 0.167. The van der Waals surface area contributed by atoms with E-state index in [9.17, 15) is 0 Å². The predicted octanol–water partition coefficient (Wildman–Crippen LogP) is 4.75. The van der Waals surface area contributed by atoms with Crippen molar-refractivity contribution in [3.8, 4) is 11.3 Å². The Morgan fingerprint density at radius 3 is 2.62 bits per heavy atom. The highest BCUT2D eigenvalue weighted by molar-refractivity contribution is 5.89. The van der Waals surface area contributed by atoms with Gasteiger partial charge in [-0.05, 0) is 48.3 Å². The first-order chi connectivity index (χ1) is 14.0. The number of nitrogen functional groups attached to an aromatic ring is 2. The van der Waals surface area contributed by atoms with Gasteiger partial charge < -0.3 is 15.9 Å². The Bertz CT molecular complexity index is 1160. The van der Waals surface area contributed by atoms with Gasteiger partial charge in [-0.1, -0.05) is 25.1 Å². The van der Waals surface area contributed by atoms with Gasteiger partial charge in [-0.3, -0.25) is 0 Å². The minimum absolute atomic E-state index is 0.469. The van der Waals surface area contributed by atoms with Crippen LogP contribution in [0.5, 0.6) is 0 Å². The Kier molecular flexibility index (Phi) is 5.04. The number of fused-ring (bicyclic) bond motifs is 1. The number of benzene rings is 1. The second-order valence-corrected chi connectivity index (χ2v) is 7.22. The molecule has 4 rings (SSSR count). The molecule has 4 N–H and O–H groups in total. The summed E-state index contributed by atoms with van der Waals surface area (Å²) in [5.41, 5.74) is 17.9. The van der Waals surface area contributed by atoms with Crippen molar-refractivity contribution >= 4 is 28.6 Å². The number of para-hydroxylation sites is 1. The zero-order valence-corrected chi connectivity index (χ0v) is 16.7. The van der Waals surface area contributed by atoms with Gasteiger partial charge in [0.05, 0.1) is 5.56 Å². The van der Waals surface area contributed by atoms with Gasteiger partial charge in [-0.25, -0.2) is 9.55 Å². The van der Waals surface area contributed by atoms with E-state index >= 15 is 0 Å². The topological polar surface area (TPSA) is 82.0 Å². The summed E-state index contributed by atoms with van der Waals surface area (Å²) in [6.07, 6.45) is 8.92. The fourth-order valence-electron chi connectivity index (χ4n) is 3.46. The Labute approximate surface area is 170 Å². The molecule has 3 aromatic heterocycles. The molecule has 0 saturated heterocycles. The van der Waals surface area contributed by atoms with E-state index in [2.05, 4.69) is 22.6 Å². The van der Waals surface area contributed by atoms with E-state index in [0.717, 1.165) is 52.1 Å². The molecule has 29 heavy (non-hydrogen) atoms. The standard InChI is InChI=1S/C24H24N4O/c1-3-17(15-28-10-8-19(25)9-11-28)12-20-16(2)14-27-24(26)23(20)22-13-18-6-4-5-7-21(18)29-22/h4-14,25H,3,15H2,1-2H3,(H2,26,27)/p+1/b17-12+. The minimum Gasteiger partial charge on any atom is -0.456 e. The molecule has 0 unspecified atom stereocenters. The Balaban J connectivity index is 1.81. The maximum absolute atomic E-state index is 6.31. The second kappa shape index (κ2) is 7.80. The molecular formula is C24H25N4O+. The predicted molar refractivity (Wildman–Crippen MR) is 118 cm³/mol. The normalized spacial score (nSPS) is 11.9. The number of furan rings is 1. The lowest BCUT2D eigenvalue weighted by Crippen LogP contribution is -2.33. The summed E-state index contributed by atoms with van der Waals surface area (Å²) in [5.74, 6) is 1.21. The molecule has 5 heteroatoms. The summed E-state index contributed by atoms with van der Waals surface area (Å²) in [6.45, 7) is 4.98. The number of hydrogen-bond donors (Lipinski definition) is 2. The van der Waals surface area contributed by atoms with Gasteiger partial charge in [-0.2, -0.15) is 0 Å². The molecule has 0 saturated carbocycles. The average Bonchev–Trinajstić information content (AvgIpc) is 3.15. The van der Waals surface area contributed by atoms with Gasteiger partial charge >= 0.3 is 0 Å². The van der Waals surface area contributed by atoms with E-state index in [1.165, 1.54) is 5.57 Å². The quantitative estimate of drug-likeness (QED) is 0.486. The van der Waals surface area contributed by atoms with E-state index < -0.39 is 0 Å². The molecule has 0 aliphatic heterocycles. The van der Waals surface area contributed by atoms with E-state index in [-0.39, 0.29) is 0 Å². The SMILES string of the molecule is CC/C(=C\c1c(C)cnc(N)c1-c1cc2ccccc2o1)C[n+]1ccc(N)cc1. The first-order valence-electron chi connectivity index (χ1n) is 9.73. The highest BCUT2D eigenvalue weighted by atomic mass is 16.3. The van der Waals surface area contributed by atoms with Crippen LogP contribution in [0, 0.1) is 6.92 Å². The lowest BCUT2D eigenvalue weighted by Gasteiger charge is -2.11. The molecule has 0 radical (unpaired) electrons. The first kappa shape index (κ1) is 18.7. The van der Waals surface area contributed by atoms with Crippen LogP contribution < -0.4 is 16.0 Å². The molecule has 1 aromatic carbocycles. The average molecular weight is 385 g/mol. The summed E-state index contributed by atoms with van der Waals surface area (Å²) in [7, 11) is 0. The van der Waals surface area contributed by atoms with Crippen molar-refractivity contribution in [2.24, 2.45) is 0 Å². The summed E-state index contributed by atoms with van der Waals surface area (Å²) < 4.78 is 8.23. The Morgan fingerprint density at radius 1 is 1.14 bits per heavy atom. The molecule has 3 heterocycles. The largest absolute Gasteiger partial charge is 0.456 e. The number of hydrogen-bond acceptors (Lipinski definition) is 4. The lowest BCUT2D eigenvalue weighted by molar-refractivity contribution is -0.689. The molecule has 0 aliphatic rings. The summed E-state index contributed by atoms with van der Waals surface area (Å²) >= 11 is 0. The molecule has 0 aliphatic carbocycles. The highest BCUT2D eigenvalue weighted by Crippen LogP contribution is 2.35. The van der Waals surface area contributed by atoms with Crippen LogP contribution in [-0.4, -0.2) is 4.98 Å². The molecule has 0 spiro atoms. The van der Waals surface area contributed by atoms with Crippen LogP contribution in [0.2, 0.25) is 0 Å². The van der Waals surface area contributed by atoms with Crippen molar-refractivity contribution in [2.45, 2.75) is 26.8 Å². The van der Waals surface area contributed by atoms with Crippen LogP contribution >= 0.6 is 0 Å². The minimum atomic E-state index is 0.469. The number of nitrogens with two attached hydrogens (primary N) is 2. The summed E-state index contributed by atoms with van der Waals surface area (Å²) in [4.78, 5) is 4.38. The second-order valence-electron chi connectivity index (χ2n) is 7.22. The fourth-order valence-corrected chi connectivity index (χ4v) is 3.46. The van der Waals surface area contributed by atoms with E-state index in [0.29, 0.717) is 5.82 Å². The van der Waals surface area contributed by atoms with E-state index in [1.807, 2.05) is 68.0 Å². The summed E-state index contributed by atoms with van der Waals surface area (Å²) in [6, 6.07) is 13.8. The van der Waals surface area contributed by atoms with Gasteiger partial charge in [0.1, 0.15) is 17.2 Å². The monoisotopic (exact) mass is 385 g/mol. The first-order valence-corrected chi connectivity index (χ1v) is 9.73. The third-order valence-corrected chi connectivity index (χ3v) is 5.12. The number of rotatable bonds is 5. The maximum atomic E-state index is 6.31.